The molecule has 0 aromatic carbocycles. The Morgan fingerprint density at radius 3 is 3.00 bits per heavy atom. The second kappa shape index (κ2) is 8.21. The highest BCUT2D eigenvalue weighted by atomic mass is 127. The summed E-state index contributed by atoms with van der Waals surface area (Å²) in [6.45, 7) is 6.18. The molecule has 1 unspecified atom stereocenters. The van der Waals surface area contributed by atoms with Crippen LogP contribution < -0.4 is 10.6 Å². The quantitative estimate of drug-likeness (QED) is 0.436. The van der Waals surface area contributed by atoms with Crippen molar-refractivity contribution in [3.63, 3.8) is 0 Å². The van der Waals surface area contributed by atoms with Gasteiger partial charge in [-0.15, -0.1) is 24.0 Å². The highest BCUT2D eigenvalue weighted by molar-refractivity contribution is 14.0. The second-order valence-corrected chi connectivity index (χ2v) is 7.14. The topological polar surface area (TPSA) is 67.1 Å². The van der Waals surface area contributed by atoms with Gasteiger partial charge in [-0.3, -0.25) is 4.99 Å². The SMILES string of the molecule is CN=C(NCC(C)(C)SC)NC1CCc2ncnn2C1.I. The van der Waals surface area contributed by atoms with Crippen molar-refractivity contribution in [3.05, 3.63) is 12.2 Å². The van der Waals surface area contributed by atoms with Crippen LogP contribution in [0.5, 0.6) is 0 Å². The van der Waals surface area contributed by atoms with Gasteiger partial charge < -0.3 is 10.6 Å². The molecule has 1 aliphatic heterocycles. The summed E-state index contributed by atoms with van der Waals surface area (Å²) >= 11 is 1.85. The van der Waals surface area contributed by atoms with Crippen LogP contribution in [-0.4, -0.2) is 51.4 Å². The standard InChI is InChI=1S/C13H24N6S.HI/c1-13(2,20-4)8-15-12(14-3)18-10-5-6-11-16-9-17-19(11)7-10;/h9-10H,5-8H2,1-4H3,(H2,14,15,18);1H. The van der Waals surface area contributed by atoms with Crippen LogP contribution >= 0.6 is 35.7 Å². The summed E-state index contributed by atoms with van der Waals surface area (Å²) in [6, 6.07) is 0.354. The largest absolute Gasteiger partial charge is 0.355 e. The maximum Gasteiger partial charge on any atom is 0.191 e. The molecule has 0 fully saturated rings. The highest BCUT2D eigenvalue weighted by Crippen LogP contribution is 2.19. The number of nitrogens with one attached hydrogen (secondary N) is 2. The summed E-state index contributed by atoms with van der Waals surface area (Å²) in [5.74, 6) is 1.94. The van der Waals surface area contributed by atoms with Gasteiger partial charge in [0.1, 0.15) is 12.2 Å². The molecule has 2 heterocycles. The van der Waals surface area contributed by atoms with Crippen molar-refractivity contribution < 1.29 is 0 Å². The number of aliphatic imine (C=N–C) groups is 1. The predicted molar refractivity (Wildman–Crippen MR) is 99.6 cm³/mol. The molecule has 0 saturated carbocycles. The first kappa shape index (κ1) is 18.5. The minimum atomic E-state index is 0. The number of nitrogens with zero attached hydrogens (tertiary/aromatic N) is 4. The van der Waals surface area contributed by atoms with Gasteiger partial charge in [-0.05, 0) is 26.5 Å². The molecule has 21 heavy (non-hydrogen) atoms. The molecule has 0 bridgehead atoms. The third-order valence-corrected chi connectivity index (χ3v) is 4.85. The number of fused-ring (bicyclic) bond motifs is 1. The fourth-order valence-electron chi connectivity index (χ4n) is 2.11. The van der Waals surface area contributed by atoms with Gasteiger partial charge >= 0.3 is 0 Å². The van der Waals surface area contributed by atoms with Crippen LogP contribution in [0.2, 0.25) is 0 Å². The highest BCUT2D eigenvalue weighted by Gasteiger charge is 2.21. The smallest absolute Gasteiger partial charge is 0.191 e. The molecule has 2 N–H and O–H groups in total. The number of hydrogen-bond acceptors (Lipinski definition) is 4. The van der Waals surface area contributed by atoms with Crippen LogP contribution in [0.25, 0.3) is 0 Å². The predicted octanol–water partition coefficient (Wildman–Crippen LogP) is 1.52. The first-order valence-electron chi connectivity index (χ1n) is 6.93. The number of aryl methyl sites for hydroxylation is 1. The molecule has 0 saturated heterocycles. The van der Waals surface area contributed by atoms with E-state index in [2.05, 4.69) is 45.8 Å². The first-order valence-corrected chi connectivity index (χ1v) is 8.15. The van der Waals surface area contributed by atoms with E-state index in [1.165, 1.54) is 0 Å². The lowest BCUT2D eigenvalue weighted by molar-refractivity contribution is 0.392. The Balaban J connectivity index is 0.00000220. The number of aromatic nitrogens is 3. The van der Waals surface area contributed by atoms with Gasteiger partial charge in [-0.2, -0.15) is 16.9 Å². The Labute approximate surface area is 148 Å². The Hall–Kier alpha value is -0.510. The van der Waals surface area contributed by atoms with Crippen LogP contribution in [0.3, 0.4) is 0 Å². The van der Waals surface area contributed by atoms with Crippen LogP contribution in [0, 0.1) is 0 Å². The van der Waals surface area contributed by atoms with E-state index < -0.39 is 0 Å². The Morgan fingerprint density at radius 1 is 1.57 bits per heavy atom. The molecule has 2 rings (SSSR count). The maximum atomic E-state index is 4.30. The zero-order chi connectivity index (χ0) is 14.6. The number of halogens is 1. The summed E-state index contributed by atoms with van der Waals surface area (Å²) in [6.07, 6.45) is 5.79. The molecule has 1 aliphatic rings. The molecule has 0 amide bonds. The Kier molecular flexibility index (Phi) is 7.25. The Bertz CT molecular complexity index is 473. The average Bonchev–Trinajstić information content (AvgIpc) is 2.91. The van der Waals surface area contributed by atoms with Crippen molar-refractivity contribution in [2.75, 3.05) is 19.8 Å². The van der Waals surface area contributed by atoms with Gasteiger partial charge in [0.05, 0.1) is 6.54 Å². The third kappa shape index (κ3) is 5.32. The average molecular weight is 424 g/mol. The second-order valence-electron chi connectivity index (χ2n) is 5.63. The van der Waals surface area contributed by atoms with Crippen molar-refractivity contribution in [1.29, 1.82) is 0 Å². The van der Waals surface area contributed by atoms with Gasteiger partial charge in [0.15, 0.2) is 5.96 Å². The van der Waals surface area contributed by atoms with Crippen LogP contribution in [0.4, 0.5) is 0 Å². The minimum Gasteiger partial charge on any atom is -0.355 e. The summed E-state index contributed by atoms with van der Waals surface area (Å²) in [5, 5.41) is 11.1. The summed E-state index contributed by atoms with van der Waals surface area (Å²) in [7, 11) is 1.81. The van der Waals surface area contributed by atoms with Gasteiger partial charge in [-0.1, -0.05) is 0 Å². The van der Waals surface area contributed by atoms with Gasteiger partial charge in [0.2, 0.25) is 0 Å². The third-order valence-electron chi connectivity index (χ3n) is 3.60. The fraction of sp³-hybridized carbons (Fsp3) is 0.769. The summed E-state index contributed by atoms with van der Waals surface area (Å²) in [4.78, 5) is 8.55. The van der Waals surface area contributed by atoms with E-state index in [9.17, 15) is 0 Å². The lowest BCUT2D eigenvalue weighted by Gasteiger charge is -2.28. The minimum absolute atomic E-state index is 0. The molecule has 0 spiro atoms. The van der Waals surface area contributed by atoms with Crippen molar-refractivity contribution in [2.24, 2.45) is 4.99 Å². The maximum absolute atomic E-state index is 4.30. The lowest BCUT2D eigenvalue weighted by atomic mass is 10.1. The van der Waals surface area contributed by atoms with Crippen LogP contribution in [-0.2, 0) is 13.0 Å². The molecule has 0 aliphatic carbocycles. The van der Waals surface area contributed by atoms with Gasteiger partial charge in [-0.25, -0.2) is 9.67 Å². The van der Waals surface area contributed by atoms with Crippen molar-refractivity contribution in [2.45, 2.75) is 44.0 Å². The Morgan fingerprint density at radius 2 is 2.33 bits per heavy atom. The molecule has 120 valence electrons. The number of hydrogen-bond donors (Lipinski definition) is 2. The molecule has 1 aromatic heterocycles. The normalized spacial score (nSPS) is 18.7. The van der Waals surface area contributed by atoms with E-state index in [0.29, 0.717) is 6.04 Å². The van der Waals surface area contributed by atoms with E-state index in [-0.39, 0.29) is 28.7 Å². The van der Waals surface area contributed by atoms with Gasteiger partial charge in [0, 0.05) is 30.8 Å². The molecular weight excluding hydrogens is 399 g/mol. The van der Waals surface area contributed by atoms with E-state index >= 15 is 0 Å². The zero-order valence-corrected chi connectivity index (χ0v) is 16.2. The van der Waals surface area contributed by atoms with Gasteiger partial charge in [0.25, 0.3) is 0 Å². The molecule has 8 heteroatoms. The summed E-state index contributed by atoms with van der Waals surface area (Å²) < 4.78 is 2.17. The molecule has 1 aromatic rings. The zero-order valence-electron chi connectivity index (χ0n) is 13.1. The summed E-state index contributed by atoms with van der Waals surface area (Å²) in [5.41, 5.74) is 0. The number of thioether (sulfide) groups is 1. The van der Waals surface area contributed by atoms with Crippen LogP contribution in [0.15, 0.2) is 11.3 Å². The van der Waals surface area contributed by atoms with E-state index in [1.807, 2.05) is 23.5 Å². The van der Waals surface area contributed by atoms with E-state index in [0.717, 1.165) is 37.7 Å². The fourth-order valence-corrected chi connectivity index (χ4v) is 2.33. The molecular formula is C13H25IN6S. The number of guanidine groups is 1. The molecule has 6 nitrogen and oxygen atoms in total. The van der Waals surface area contributed by atoms with E-state index in [4.69, 9.17) is 0 Å². The van der Waals surface area contributed by atoms with Crippen LogP contribution in [0.1, 0.15) is 26.1 Å². The first-order chi connectivity index (χ1) is 9.54. The molecule has 1 atom stereocenters. The lowest BCUT2D eigenvalue weighted by Crippen LogP contribution is -2.49. The number of rotatable bonds is 4. The van der Waals surface area contributed by atoms with Crippen molar-refractivity contribution in [3.8, 4) is 0 Å². The van der Waals surface area contributed by atoms with Crippen molar-refractivity contribution >= 4 is 41.7 Å². The molecule has 0 radical (unpaired) electrons. The van der Waals surface area contributed by atoms with E-state index in [1.54, 1.807) is 6.33 Å². The monoisotopic (exact) mass is 424 g/mol. The van der Waals surface area contributed by atoms with Crippen molar-refractivity contribution in [1.82, 2.24) is 25.4 Å².